The Morgan fingerprint density at radius 2 is 1.97 bits per heavy atom. The summed E-state index contributed by atoms with van der Waals surface area (Å²) in [5, 5.41) is 11.6. The van der Waals surface area contributed by atoms with E-state index in [1.54, 1.807) is 18.5 Å². The number of thiophene rings is 1. The molecule has 13 heteroatoms. The second kappa shape index (κ2) is 10.5. The maximum absolute atomic E-state index is 12.8. The fraction of sp³-hybridized carbons (Fsp3) is 0.333. The van der Waals surface area contributed by atoms with Gasteiger partial charge in [-0.2, -0.15) is 13.2 Å². The molecule has 3 rings (SSSR count). The second-order valence-corrected chi connectivity index (χ2v) is 9.26. The Morgan fingerprint density at radius 1 is 1.24 bits per heavy atom. The van der Waals surface area contributed by atoms with E-state index in [9.17, 15) is 22.8 Å². The van der Waals surface area contributed by atoms with Gasteiger partial charge in [-0.15, -0.1) is 21.5 Å². The van der Waals surface area contributed by atoms with Crippen LogP contribution in [-0.4, -0.2) is 39.5 Å². The largest absolute Gasteiger partial charge is 0.486 e. The minimum atomic E-state index is -4.47. The third kappa shape index (κ3) is 5.89. The van der Waals surface area contributed by atoms with Gasteiger partial charge in [-0.25, -0.2) is 4.79 Å². The number of thioether (sulfide) groups is 1. The number of anilines is 1. The predicted octanol–water partition coefficient (Wildman–Crippen LogP) is 4.61. The van der Waals surface area contributed by atoms with Crippen LogP contribution in [0.5, 0.6) is 5.75 Å². The average Bonchev–Trinajstić information content (AvgIpc) is 3.28. The number of ether oxygens (including phenoxy) is 2. The minimum Gasteiger partial charge on any atom is -0.486 e. The lowest BCUT2D eigenvalue weighted by Gasteiger charge is -2.10. The van der Waals surface area contributed by atoms with Crippen molar-refractivity contribution in [2.75, 3.05) is 18.2 Å². The zero-order chi connectivity index (χ0) is 25.0. The maximum atomic E-state index is 12.8. The van der Waals surface area contributed by atoms with Crippen LogP contribution in [0, 0.1) is 13.8 Å². The number of hydrogen-bond acceptors (Lipinski definition) is 8. The van der Waals surface area contributed by atoms with Crippen molar-refractivity contribution in [3.8, 4) is 5.75 Å². The average molecular weight is 515 g/mol. The topological polar surface area (TPSA) is 95.3 Å². The van der Waals surface area contributed by atoms with Crippen LogP contribution in [0.1, 0.15) is 32.2 Å². The molecule has 0 aliphatic carbocycles. The van der Waals surface area contributed by atoms with Crippen molar-refractivity contribution in [2.45, 2.75) is 31.8 Å². The van der Waals surface area contributed by atoms with Gasteiger partial charge in [0.2, 0.25) is 5.91 Å². The summed E-state index contributed by atoms with van der Waals surface area (Å²) in [4.78, 5) is 25.4. The van der Waals surface area contributed by atoms with Crippen molar-refractivity contribution in [3.63, 3.8) is 0 Å². The summed E-state index contributed by atoms with van der Waals surface area (Å²) >= 11 is 2.40. The van der Waals surface area contributed by atoms with Crippen LogP contribution in [0.3, 0.4) is 0 Å². The van der Waals surface area contributed by atoms with E-state index in [1.165, 1.54) is 30.6 Å². The highest BCUT2D eigenvalue weighted by molar-refractivity contribution is 7.99. The molecule has 34 heavy (non-hydrogen) atoms. The minimum absolute atomic E-state index is 0.00291. The SMILES string of the molecule is COC(=O)c1c(NC(=O)CSc2nnc(COc3cccc(C(F)(F)F)c3)n2C)sc(C)c1C. The molecular formula is C21H21F3N4O4S2. The van der Waals surface area contributed by atoms with E-state index in [-0.39, 0.29) is 24.0 Å². The number of carbonyl (C=O) groups excluding carboxylic acids is 2. The first-order chi connectivity index (χ1) is 16.0. The Kier molecular flexibility index (Phi) is 7.87. The summed E-state index contributed by atoms with van der Waals surface area (Å²) in [6.07, 6.45) is -4.47. The molecule has 1 amide bonds. The molecule has 2 aromatic heterocycles. The summed E-state index contributed by atoms with van der Waals surface area (Å²) in [5.41, 5.74) is 0.270. The van der Waals surface area contributed by atoms with Crippen LogP contribution in [0.25, 0.3) is 0 Å². The summed E-state index contributed by atoms with van der Waals surface area (Å²) in [6.45, 7) is 3.53. The number of aromatic nitrogens is 3. The van der Waals surface area contributed by atoms with Crippen LogP contribution in [0.4, 0.5) is 18.2 Å². The predicted molar refractivity (Wildman–Crippen MR) is 121 cm³/mol. The quantitative estimate of drug-likeness (QED) is 0.347. The lowest BCUT2D eigenvalue weighted by Crippen LogP contribution is -2.16. The smallest absolute Gasteiger partial charge is 0.416 e. The zero-order valence-corrected chi connectivity index (χ0v) is 20.3. The number of aryl methyl sites for hydroxylation is 1. The van der Waals surface area contributed by atoms with Crippen LogP contribution in [0.2, 0.25) is 0 Å². The molecule has 3 aromatic rings. The first-order valence-corrected chi connectivity index (χ1v) is 11.6. The molecule has 182 valence electrons. The van der Waals surface area contributed by atoms with Crippen LogP contribution >= 0.6 is 23.1 Å². The highest BCUT2D eigenvalue weighted by atomic mass is 32.2. The number of carbonyl (C=O) groups is 2. The Morgan fingerprint density at radius 3 is 2.65 bits per heavy atom. The van der Waals surface area contributed by atoms with E-state index in [0.717, 1.165) is 34.3 Å². The van der Waals surface area contributed by atoms with E-state index in [4.69, 9.17) is 9.47 Å². The first kappa shape index (κ1) is 25.6. The summed E-state index contributed by atoms with van der Waals surface area (Å²) in [6, 6.07) is 4.55. The van der Waals surface area contributed by atoms with E-state index >= 15 is 0 Å². The molecular weight excluding hydrogens is 493 g/mol. The lowest BCUT2D eigenvalue weighted by molar-refractivity contribution is -0.137. The van der Waals surface area contributed by atoms with Gasteiger partial charge in [0.05, 0.1) is 24.0 Å². The van der Waals surface area contributed by atoms with Crippen molar-refractivity contribution in [1.82, 2.24) is 14.8 Å². The molecule has 8 nitrogen and oxygen atoms in total. The number of rotatable bonds is 8. The van der Waals surface area contributed by atoms with Crippen molar-refractivity contribution in [1.29, 1.82) is 0 Å². The number of methoxy groups -OCH3 is 1. The molecule has 0 aliphatic rings. The second-order valence-electron chi connectivity index (χ2n) is 7.09. The zero-order valence-electron chi connectivity index (χ0n) is 18.6. The third-order valence-electron chi connectivity index (χ3n) is 4.81. The van der Waals surface area contributed by atoms with Gasteiger partial charge in [-0.05, 0) is 37.6 Å². The van der Waals surface area contributed by atoms with E-state index in [2.05, 4.69) is 15.5 Å². The van der Waals surface area contributed by atoms with Gasteiger partial charge in [0.15, 0.2) is 11.0 Å². The van der Waals surface area contributed by atoms with Crippen molar-refractivity contribution < 1.29 is 32.2 Å². The molecule has 0 saturated carbocycles. The number of nitrogens with one attached hydrogen (secondary N) is 1. The van der Waals surface area contributed by atoms with Gasteiger partial charge < -0.3 is 19.4 Å². The van der Waals surface area contributed by atoms with Gasteiger partial charge in [0.25, 0.3) is 0 Å². The number of alkyl halides is 3. The normalized spacial score (nSPS) is 11.4. The molecule has 2 heterocycles. The Labute approximate surface area is 201 Å². The number of benzene rings is 1. The molecule has 1 N–H and O–H groups in total. The number of esters is 1. The Hall–Kier alpha value is -3.06. The molecule has 0 unspecified atom stereocenters. The molecule has 0 saturated heterocycles. The molecule has 0 fully saturated rings. The molecule has 1 aromatic carbocycles. The van der Waals surface area contributed by atoms with Crippen molar-refractivity contribution in [2.24, 2.45) is 7.05 Å². The standard InChI is InChI=1S/C21H21F3N4O4S2/c1-11-12(2)34-18(17(11)19(30)31-4)25-16(29)10-33-20-27-26-15(28(20)3)9-32-14-7-5-6-13(8-14)21(22,23)24/h5-8H,9-10H2,1-4H3,(H,25,29). The summed E-state index contributed by atoms with van der Waals surface area (Å²) in [7, 11) is 2.94. The fourth-order valence-electron chi connectivity index (χ4n) is 2.86. The van der Waals surface area contributed by atoms with Gasteiger partial charge in [0.1, 0.15) is 17.4 Å². The van der Waals surface area contributed by atoms with Gasteiger partial charge >= 0.3 is 12.1 Å². The monoisotopic (exact) mass is 514 g/mol. The van der Waals surface area contributed by atoms with Gasteiger partial charge in [-0.3, -0.25) is 4.79 Å². The summed E-state index contributed by atoms with van der Waals surface area (Å²) < 4.78 is 50.4. The molecule has 0 spiro atoms. The van der Waals surface area contributed by atoms with Crippen molar-refractivity contribution >= 4 is 40.0 Å². The summed E-state index contributed by atoms with van der Waals surface area (Å²) in [5.74, 6) is -0.450. The lowest BCUT2D eigenvalue weighted by atomic mass is 10.1. The van der Waals surface area contributed by atoms with E-state index in [0.29, 0.717) is 21.5 Å². The number of halogens is 3. The molecule has 0 atom stereocenters. The highest BCUT2D eigenvalue weighted by Crippen LogP contribution is 2.33. The van der Waals surface area contributed by atoms with E-state index in [1.807, 2.05) is 6.92 Å². The molecule has 0 radical (unpaired) electrons. The molecule has 0 bridgehead atoms. The van der Waals surface area contributed by atoms with E-state index < -0.39 is 17.7 Å². The highest BCUT2D eigenvalue weighted by Gasteiger charge is 2.30. The number of nitrogens with zero attached hydrogens (tertiary/aromatic N) is 3. The fourth-order valence-corrected chi connectivity index (χ4v) is 4.66. The number of amides is 1. The first-order valence-electron chi connectivity index (χ1n) is 9.80. The Bertz CT molecular complexity index is 1210. The Balaban J connectivity index is 1.60. The maximum Gasteiger partial charge on any atom is 0.416 e. The van der Waals surface area contributed by atoms with Gasteiger partial charge in [0, 0.05) is 11.9 Å². The molecule has 0 aliphatic heterocycles. The van der Waals surface area contributed by atoms with Gasteiger partial charge in [-0.1, -0.05) is 17.8 Å². The van der Waals surface area contributed by atoms with Crippen LogP contribution in [-0.2, 0) is 29.4 Å². The third-order valence-corrected chi connectivity index (χ3v) is 6.96. The van der Waals surface area contributed by atoms with Crippen LogP contribution < -0.4 is 10.1 Å². The van der Waals surface area contributed by atoms with Crippen molar-refractivity contribution in [3.05, 3.63) is 51.7 Å². The van der Waals surface area contributed by atoms with Crippen LogP contribution in [0.15, 0.2) is 29.4 Å². The number of hydrogen-bond donors (Lipinski definition) is 1.